The molecule has 3 rings (SSSR count). The van der Waals surface area contributed by atoms with E-state index >= 15 is 0 Å². The Morgan fingerprint density at radius 3 is 2.68 bits per heavy atom. The maximum Gasteiger partial charge on any atom is 0.336 e. The van der Waals surface area contributed by atoms with E-state index in [1.165, 1.54) is 30.4 Å². The summed E-state index contributed by atoms with van der Waals surface area (Å²) in [6.45, 7) is 1.68. The monoisotopic (exact) mass is 336 g/mol. The Hall–Kier alpha value is -3.34. The summed E-state index contributed by atoms with van der Waals surface area (Å²) in [5, 5.41) is 19.2. The lowest BCUT2D eigenvalue weighted by atomic mass is 9.88. The number of aliphatic hydroxyl groups excluding tert-OH is 1. The number of ketones is 1. The topological polar surface area (TPSA) is 83.8 Å². The third kappa shape index (κ3) is 3.30. The van der Waals surface area contributed by atoms with Crippen molar-refractivity contribution < 1.29 is 24.5 Å². The first-order valence-corrected chi connectivity index (χ1v) is 7.73. The van der Waals surface area contributed by atoms with Crippen molar-refractivity contribution in [3.63, 3.8) is 0 Å². The van der Waals surface area contributed by atoms with Crippen LogP contribution in [0.25, 0.3) is 5.57 Å². The van der Waals surface area contributed by atoms with Crippen molar-refractivity contribution in [2.75, 3.05) is 0 Å². The summed E-state index contributed by atoms with van der Waals surface area (Å²) >= 11 is 0. The summed E-state index contributed by atoms with van der Waals surface area (Å²) in [6.07, 6.45) is 7.69. The van der Waals surface area contributed by atoms with E-state index in [0.717, 1.165) is 5.57 Å². The third-order valence-corrected chi connectivity index (χ3v) is 3.96. The molecular weight excluding hydrogens is 320 g/mol. The maximum atomic E-state index is 11.7. The molecule has 1 aromatic rings. The number of carboxylic acids is 1. The molecule has 1 aliphatic carbocycles. The molecule has 1 heterocycles. The number of hydrogen-bond acceptors (Lipinski definition) is 4. The SMILES string of the molecule is C/C=C(O)\C=C1/CC(c2ccccc2C(=O)O)=C2C=CC(=O)C=C2O1. The number of aromatic carboxylic acids is 1. The van der Waals surface area contributed by atoms with Crippen LogP contribution in [0, 0.1) is 0 Å². The van der Waals surface area contributed by atoms with Gasteiger partial charge in [-0.05, 0) is 42.4 Å². The Balaban J connectivity index is 2.20. The molecule has 25 heavy (non-hydrogen) atoms. The van der Waals surface area contributed by atoms with E-state index in [1.54, 1.807) is 31.2 Å². The molecule has 0 amide bonds. The minimum Gasteiger partial charge on any atom is -0.508 e. The van der Waals surface area contributed by atoms with Crippen molar-refractivity contribution in [3.8, 4) is 0 Å². The summed E-state index contributed by atoms with van der Waals surface area (Å²) < 4.78 is 5.73. The number of aliphatic hydroxyl groups is 1. The minimum atomic E-state index is -1.03. The van der Waals surface area contributed by atoms with E-state index in [2.05, 4.69) is 0 Å². The summed E-state index contributed by atoms with van der Waals surface area (Å²) in [5.74, 6) is -0.421. The van der Waals surface area contributed by atoms with Crippen molar-refractivity contribution in [2.24, 2.45) is 0 Å². The van der Waals surface area contributed by atoms with E-state index < -0.39 is 5.97 Å². The fourth-order valence-corrected chi connectivity index (χ4v) is 2.79. The first-order valence-electron chi connectivity index (χ1n) is 7.73. The van der Waals surface area contributed by atoms with Gasteiger partial charge in [0.2, 0.25) is 0 Å². The number of carbonyl (C=O) groups is 2. The Morgan fingerprint density at radius 2 is 1.96 bits per heavy atom. The third-order valence-electron chi connectivity index (χ3n) is 3.96. The number of benzene rings is 1. The van der Waals surface area contributed by atoms with E-state index in [1.807, 2.05) is 0 Å². The van der Waals surface area contributed by atoms with Crippen LogP contribution in [0.5, 0.6) is 0 Å². The molecular formula is C20H16O5. The second-order valence-corrected chi connectivity index (χ2v) is 5.59. The lowest BCUT2D eigenvalue weighted by Gasteiger charge is -2.26. The van der Waals surface area contributed by atoms with Gasteiger partial charge in [-0.25, -0.2) is 4.79 Å². The van der Waals surface area contributed by atoms with Crippen molar-refractivity contribution in [1.82, 2.24) is 0 Å². The molecule has 0 aromatic heterocycles. The molecule has 2 aliphatic rings. The average Bonchev–Trinajstić information content (AvgIpc) is 2.60. The second kappa shape index (κ2) is 6.65. The fourth-order valence-electron chi connectivity index (χ4n) is 2.79. The van der Waals surface area contributed by atoms with Gasteiger partial charge < -0.3 is 14.9 Å². The first kappa shape index (κ1) is 16.5. The van der Waals surface area contributed by atoms with Gasteiger partial charge in [0, 0.05) is 24.1 Å². The number of rotatable bonds is 3. The van der Waals surface area contributed by atoms with Crippen molar-refractivity contribution in [2.45, 2.75) is 13.3 Å². The highest BCUT2D eigenvalue weighted by Gasteiger charge is 2.27. The molecule has 0 saturated heterocycles. The van der Waals surface area contributed by atoms with Gasteiger partial charge in [-0.15, -0.1) is 0 Å². The Labute approximate surface area is 144 Å². The molecule has 0 bridgehead atoms. The molecule has 5 heteroatoms. The van der Waals surface area contributed by atoms with E-state index in [0.29, 0.717) is 29.1 Å². The van der Waals surface area contributed by atoms with Crippen molar-refractivity contribution in [3.05, 3.63) is 88.6 Å². The predicted octanol–water partition coefficient (Wildman–Crippen LogP) is 3.93. The van der Waals surface area contributed by atoms with Crippen LogP contribution in [0.2, 0.25) is 0 Å². The number of carboxylic acid groups (broad SMARTS) is 1. The number of allylic oxidation sites excluding steroid dienone is 6. The first-order chi connectivity index (χ1) is 12.0. The van der Waals surface area contributed by atoms with Crippen LogP contribution in [0.1, 0.15) is 29.3 Å². The quantitative estimate of drug-likeness (QED) is 0.817. The van der Waals surface area contributed by atoms with E-state index in [9.17, 15) is 19.8 Å². The Kier molecular flexibility index (Phi) is 4.39. The Morgan fingerprint density at radius 1 is 1.20 bits per heavy atom. The van der Waals surface area contributed by atoms with Crippen LogP contribution in [-0.2, 0) is 9.53 Å². The number of hydrogen-bond donors (Lipinski definition) is 2. The molecule has 0 atom stereocenters. The van der Waals surface area contributed by atoms with Gasteiger partial charge in [-0.2, -0.15) is 0 Å². The highest BCUT2D eigenvalue weighted by Crippen LogP contribution is 2.40. The molecule has 1 aliphatic heterocycles. The summed E-state index contributed by atoms with van der Waals surface area (Å²) in [7, 11) is 0. The molecule has 0 spiro atoms. The van der Waals surface area contributed by atoms with Gasteiger partial charge in [0.05, 0.1) is 5.56 Å². The number of fused-ring (bicyclic) bond motifs is 1. The van der Waals surface area contributed by atoms with Gasteiger partial charge in [-0.1, -0.05) is 18.2 Å². The zero-order valence-electron chi connectivity index (χ0n) is 13.5. The standard InChI is InChI=1S/C20H16O5/c1-2-12(21)9-14-11-18(15-5-3-4-6-17(15)20(23)24)16-8-7-13(22)10-19(16)25-14/h2-10,21H,11H2,1H3,(H,23,24)/b12-2+,14-9+. The van der Waals surface area contributed by atoms with Crippen LogP contribution >= 0.6 is 0 Å². The van der Waals surface area contributed by atoms with Crippen molar-refractivity contribution >= 4 is 17.3 Å². The van der Waals surface area contributed by atoms with Crippen molar-refractivity contribution in [1.29, 1.82) is 0 Å². The predicted molar refractivity (Wildman–Crippen MR) is 92.7 cm³/mol. The Bertz CT molecular complexity index is 910. The number of ether oxygens (including phenoxy) is 1. The van der Waals surface area contributed by atoms with Gasteiger partial charge in [0.1, 0.15) is 17.3 Å². The zero-order valence-corrected chi connectivity index (χ0v) is 13.5. The van der Waals surface area contributed by atoms with Gasteiger partial charge in [-0.3, -0.25) is 4.79 Å². The lowest BCUT2D eigenvalue weighted by molar-refractivity contribution is -0.110. The van der Waals surface area contributed by atoms with Crippen LogP contribution in [0.15, 0.2) is 77.5 Å². The van der Waals surface area contributed by atoms with E-state index in [4.69, 9.17) is 4.74 Å². The van der Waals surface area contributed by atoms with E-state index in [-0.39, 0.29) is 17.1 Å². The smallest absolute Gasteiger partial charge is 0.336 e. The molecule has 0 fully saturated rings. The molecule has 1 aromatic carbocycles. The van der Waals surface area contributed by atoms with Crippen LogP contribution < -0.4 is 0 Å². The molecule has 126 valence electrons. The maximum absolute atomic E-state index is 11.7. The lowest BCUT2D eigenvalue weighted by Crippen LogP contribution is -2.13. The van der Waals surface area contributed by atoms with Gasteiger partial charge in [0.25, 0.3) is 0 Å². The molecule has 0 unspecified atom stereocenters. The normalized spacial score (nSPS) is 18.8. The largest absolute Gasteiger partial charge is 0.508 e. The summed E-state index contributed by atoms with van der Waals surface area (Å²) in [5.41, 5.74) is 2.13. The zero-order chi connectivity index (χ0) is 18.0. The van der Waals surface area contributed by atoms with Gasteiger partial charge >= 0.3 is 5.97 Å². The van der Waals surface area contributed by atoms with Crippen LogP contribution in [-0.4, -0.2) is 22.0 Å². The second-order valence-electron chi connectivity index (χ2n) is 5.59. The van der Waals surface area contributed by atoms with Gasteiger partial charge in [0.15, 0.2) is 5.78 Å². The number of carbonyl (C=O) groups excluding carboxylic acids is 1. The highest BCUT2D eigenvalue weighted by atomic mass is 16.5. The van der Waals surface area contributed by atoms with Crippen LogP contribution in [0.3, 0.4) is 0 Å². The van der Waals surface area contributed by atoms with Crippen LogP contribution in [0.4, 0.5) is 0 Å². The summed E-state index contributed by atoms with van der Waals surface area (Å²) in [4.78, 5) is 23.3. The molecule has 5 nitrogen and oxygen atoms in total. The fraction of sp³-hybridized carbons (Fsp3) is 0.100. The molecule has 2 N–H and O–H groups in total. The average molecular weight is 336 g/mol. The molecule has 0 saturated carbocycles. The molecule has 0 radical (unpaired) electrons. The minimum absolute atomic E-state index is 0.0302. The summed E-state index contributed by atoms with van der Waals surface area (Å²) in [6, 6.07) is 6.69. The highest BCUT2D eigenvalue weighted by molar-refractivity contribution is 6.04.